The molecule has 2 atom stereocenters. The molecule has 4 nitrogen and oxygen atoms in total. The highest BCUT2D eigenvalue weighted by Crippen LogP contribution is 2.39. The van der Waals surface area contributed by atoms with E-state index in [2.05, 4.69) is 20.8 Å². The van der Waals surface area contributed by atoms with E-state index in [0.717, 1.165) is 12.8 Å². The molecule has 0 aromatic rings. The van der Waals surface area contributed by atoms with Crippen LogP contribution < -0.4 is 0 Å². The average molecular weight is 269 g/mol. The molecule has 0 aliphatic heterocycles. The largest absolute Gasteiger partial charge is 0.462 e. The van der Waals surface area contributed by atoms with E-state index >= 15 is 0 Å². The lowest BCUT2D eigenvalue weighted by Gasteiger charge is -2.38. The van der Waals surface area contributed by atoms with Crippen molar-refractivity contribution in [2.75, 3.05) is 14.1 Å². The molecule has 110 valence electrons. The Hall–Kier alpha value is -1.06. The molecule has 0 aromatic carbocycles. The van der Waals surface area contributed by atoms with Gasteiger partial charge in [-0.1, -0.05) is 20.8 Å². The maximum Gasteiger partial charge on any atom is 0.306 e. The van der Waals surface area contributed by atoms with Gasteiger partial charge in [-0.3, -0.25) is 9.59 Å². The van der Waals surface area contributed by atoms with Gasteiger partial charge < -0.3 is 9.64 Å². The van der Waals surface area contributed by atoms with Crippen LogP contribution in [-0.2, 0) is 14.3 Å². The molecular formula is C15H27NO3. The molecule has 0 spiro atoms. The van der Waals surface area contributed by atoms with Gasteiger partial charge in [-0.05, 0) is 30.6 Å². The van der Waals surface area contributed by atoms with E-state index in [0.29, 0.717) is 5.92 Å². The summed E-state index contributed by atoms with van der Waals surface area (Å²) >= 11 is 0. The Morgan fingerprint density at radius 2 is 1.84 bits per heavy atom. The Labute approximate surface area is 116 Å². The molecule has 0 N–H and O–H groups in total. The Balaban J connectivity index is 2.38. The molecule has 0 radical (unpaired) electrons. The zero-order valence-electron chi connectivity index (χ0n) is 12.9. The second-order valence-corrected chi connectivity index (χ2v) is 6.81. The van der Waals surface area contributed by atoms with Crippen molar-refractivity contribution in [3.8, 4) is 0 Å². The molecule has 0 saturated heterocycles. The summed E-state index contributed by atoms with van der Waals surface area (Å²) in [5, 5.41) is 0. The Morgan fingerprint density at radius 1 is 1.21 bits per heavy atom. The highest BCUT2D eigenvalue weighted by Gasteiger charge is 2.33. The fourth-order valence-electron chi connectivity index (χ4n) is 3.03. The van der Waals surface area contributed by atoms with Crippen LogP contribution in [-0.4, -0.2) is 37.0 Å². The Kier molecular flexibility index (Phi) is 5.39. The summed E-state index contributed by atoms with van der Waals surface area (Å²) in [5.74, 6) is 0.310. The predicted octanol–water partition coefficient (Wildman–Crippen LogP) is 2.61. The standard InChI is InChI=1S/C15H27NO3/c1-11-8-12(10-15(2,3)9-11)19-14(18)7-6-13(17)16(4)5/h11-12H,6-10H2,1-5H3/t11-,12-/m1/s1. The van der Waals surface area contributed by atoms with Gasteiger partial charge in [0.15, 0.2) is 0 Å². The number of hydrogen-bond donors (Lipinski definition) is 0. The number of esters is 1. The first kappa shape index (κ1) is 16.0. The van der Waals surface area contributed by atoms with Crippen LogP contribution in [0.2, 0.25) is 0 Å². The van der Waals surface area contributed by atoms with Gasteiger partial charge in [0.2, 0.25) is 5.91 Å². The van der Waals surface area contributed by atoms with Gasteiger partial charge in [-0.25, -0.2) is 0 Å². The SMILES string of the molecule is C[C@@H]1C[C@@H](OC(=O)CCC(=O)N(C)C)CC(C)(C)C1. The highest BCUT2D eigenvalue weighted by atomic mass is 16.5. The Morgan fingerprint density at radius 3 is 2.37 bits per heavy atom. The van der Waals surface area contributed by atoms with Crippen molar-refractivity contribution in [1.82, 2.24) is 4.90 Å². The molecular weight excluding hydrogens is 242 g/mol. The van der Waals surface area contributed by atoms with Crippen molar-refractivity contribution in [2.24, 2.45) is 11.3 Å². The molecule has 1 aliphatic rings. The number of carbonyl (C=O) groups is 2. The molecule has 4 heteroatoms. The molecule has 0 heterocycles. The van der Waals surface area contributed by atoms with Crippen LogP contribution in [0.25, 0.3) is 0 Å². The first-order valence-corrected chi connectivity index (χ1v) is 7.09. The van der Waals surface area contributed by atoms with Crippen LogP contribution in [0.3, 0.4) is 0 Å². The lowest BCUT2D eigenvalue weighted by atomic mass is 9.71. The number of amides is 1. The molecule has 1 amide bonds. The zero-order chi connectivity index (χ0) is 14.6. The van der Waals surface area contributed by atoms with Gasteiger partial charge >= 0.3 is 5.97 Å². The summed E-state index contributed by atoms with van der Waals surface area (Å²) in [6, 6.07) is 0. The summed E-state index contributed by atoms with van der Waals surface area (Å²) in [7, 11) is 3.39. The maximum atomic E-state index is 11.8. The van der Waals surface area contributed by atoms with Crippen LogP contribution in [0.4, 0.5) is 0 Å². The normalized spacial score (nSPS) is 25.7. The molecule has 19 heavy (non-hydrogen) atoms. The van der Waals surface area contributed by atoms with Crippen molar-refractivity contribution >= 4 is 11.9 Å². The van der Waals surface area contributed by atoms with Gasteiger partial charge in [0.25, 0.3) is 0 Å². The predicted molar refractivity (Wildman–Crippen MR) is 74.6 cm³/mol. The lowest BCUT2D eigenvalue weighted by Crippen LogP contribution is -2.34. The summed E-state index contributed by atoms with van der Waals surface area (Å²) in [6.45, 7) is 6.65. The number of rotatable bonds is 4. The van der Waals surface area contributed by atoms with Crippen LogP contribution in [0.15, 0.2) is 0 Å². The third-order valence-corrected chi connectivity index (χ3v) is 3.69. The quantitative estimate of drug-likeness (QED) is 0.737. The van der Waals surface area contributed by atoms with Crippen molar-refractivity contribution in [2.45, 2.75) is 59.0 Å². The summed E-state index contributed by atoms with van der Waals surface area (Å²) in [4.78, 5) is 24.7. The second-order valence-electron chi connectivity index (χ2n) is 6.81. The summed E-state index contributed by atoms with van der Waals surface area (Å²) in [5.41, 5.74) is 0.238. The first-order valence-electron chi connectivity index (χ1n) is 7.09. The summed E-state index contributed by atoms with van der Waals surface area (Å²) < 4.78 is 5.52. The van der Waals surface area contributed by atoms with Crippen LogP contribution in [0, 0.1) is 11.3 Å². The third kappa shape index (κ3) is 5.62. The minimum atomic E-state index is -0.245. The Bertz CT molecular complexity index is 336. The lowest BCUT2D eigenvalue weighted by molar-refractivity contribution is -0.154. The smallest absolute Gasteiger partial charge is 0.306 e. The topological polar surface area (TPSA) is 46.6 Å². The molecule has 0 bridgehead atoms. The molecule has 1 aliphatic carbocycles. The minimum Gasteiger partial charge on any atom is -0.462 e. The van der Waals surface area contributed by atoms with E-state index in [-0.39, 0.29) is 36.2 Å². The van der Waals surface area contributed by atoms with Crippen LogP contribution in [0.1, 0.15) is 52.9 Å². The summed E-state index contributed by atoms with van der Waals surface area (Å²) in [6.07, 6.45) is 3.47. The number of nitrogens with zero attached hydrogens (tertiary/aromatic N) is 1. The van der Waals surface area contributed by atoms with E-state index in [9.17, 15) is 9.59 Å². The van der Waals surface area contributed by atoms with E-state index in [1.807, 2.05) is 0 Å². The fraction of sp³-hybridized carbons (Fsp3) is 0.867. The van der Waals surface area contributed by atoms with Crippen LogP contribution >= 0.6 is 0 Å². The zero-order valence-corrected chi connectivity index (χ0v) is 12.9. The van der Waals surface area contributed by atoms with Crippen molar-refractivity contribution in [1.29, 1.82) is 0 Å². The molecule has 1 saturated carbocycles. The average Bonchev–Trinajstić information content (AvgIpc) is 2.22. The second kappa shape index (κ2) is 6.40. The highest BCUT2D eigenvalue weighted by molar-refractivity contribution is 5.81. The monoisotopic (exact) mass is 269 g/mol. The van der Waals surface area contributed by atoms with Gasteiger partial charge in [-0.15, -0.1) is 0 Å². The molecule has 0 aromatic heterocycles. The van der Waals surface area contributed by atoms with E-state index < -0.39 is 0 Å². The third-order valence-electron chi connectivity index (χ3n) is 3.69. The van der Waals surface area contributed by atoms with Crippen LogP contribution in [0.5, 0.6) is 0 Å². The minimum absolute atomic E-state index is 0.0145. The van der Waals surface area contributed by atoms with Gasteiger partial charge in [0.05, 0.1) is 6.42 Å². The van der Waals surface area contributed by atoms with E-state index in [1.54, 1.807) is 14.1 Å². The number of ether oxygens (including phenoxy) is 1. The van der Waals surface area contributed by atoms with Crippen molar-refractivity contribution in [3.63, 3.8) is 0 Å². The van der Waals surface area contributed by atoms with E-state index in [4.69, 9.17) is 4.74 Å². The van der Waals surface area contributed by atoms with Gasteiger partial charge in [0.1, 0.15) is 6.10 Å². The molecule has 1 rings (SSSR count). The van der Waals surface area contributed by atoms with Gasteiger partial charge in [0, 0.05) is 20.5 Å². The van der Waals surface area contributed by atoms with Gasteiger partial charge in [-0.2, -0.15) is 0 Å². The molecule has 1 fully saturated rings. The number of hydrogen-bond acceptors (Lipinski definition) is 3. The molecule has 0 unspecified atom stereocenters. The fourth-order valence-corrected chi connectivity index (χ4v) is 3.03. The number of carbonyl (C=O) groups excluding carboxylic acids is 2. The van der Waals surface area contributed by atoms with Crippen molar-refractivity contribution < 1.29 is 14.3 Å². The first-order chi connectivity index (χ1) is 8.69. The van der Waals surface area contributed by atoms with Crippen molar-refractivity contribution in [3.05, 3.63) is 0 Å². The van der Waals surface area contributed by atoms with E-state index in [1.165, 1.54) is 11.3 Å². The maximum absolute atomic E-state index is 11.8.